The van der Waals surface area contributed by atoms with Gasteiger partial charge >= 0.3 is 0 Å². The summed E-state index contributed by atoms with van der Waals surface area (Å²) in [4.78, 5) is 6.95. The highest BCUT2D eigenvalue weighted by atomic mass is 79.9. The highest BCUT2D eigenvalue weighted by Gasteiger charge is 2.21. The van der Waals surface area contributed by atoms with E-state index in [4.69, 9.17) is 0 Å². The summed E-state index contributed by atoms with van der Waals surface area (Å²) in [5, 5.41) is 3.42. The van der Waals surface area contributed by atoms with Gasteiger partial charge in [-0.15, -0.1) is 0 Å². The molecule has 1 aliphatic rings. The molecule has 0 spiro atoms. The lowest BCUT2D eigenvalue weighted by molar-refractivity contribution is 0.367. The summed E-state index contributed by atoms with van der Waals surface area (Å²) in [6.07, 6.45) is 4.42. The highest BCUT2D eigenvalue weighted by Crippen LogP contribution is 2.27. The average molecular weight is 312 g/mol. The van der Waals surface area contributed by atoms with Crippen LogP contribution in [0.4, 0.5) is 5.82 Å². The first kappa shape index (κ1) is 13.8. The largest absolute Gasteiger partial charge is 0.353 e. The zero-order valence-corrected chi connectivity index (χ0v) is 12.8. The Morgan fingerprint density at radius 2 is 2.17 bits per heavy atom. The molecule has 1 N–H and O–H groups in total. The molecule has 0 aromatic carbocycles. The number of pyridine rings is 1. The van der Waals surface area contributed by atoms with Crippen LogP contribution in [0.5, 0.6) is 0 Å². The monoisotopic (exact) mass is 311 g/mol. The van der Waals surface area contributed by atoms with Gasteiger partial charge in [-0.3, -0.25) is 0 Å². The summed E-state index contributed by atoms with van der Waals surface area (Å²) < 4.78 is 1.09. The van der Waals surface area contributed by atoms with Crippen LogP contribution in [-0.2, 0) is 0 Å². The molecule has 1 aromatic heterocycles. The van der Waals surface area contributed by atoms with E-state index in [1.165, 1.54) is 12.8 Å². The van der Waals surface area contributed by atoms with Crippen molar-refractivity contribution in [2.24, 2.45) is 5.92 Å². The molecular formula is C14H22BrN3. The third-order valence-electron chi connectivity index (χ3n) is 3.55. The second kappa shape index (κ2) is 6.53. The van der Waals surface area contributed by atoms with Gasteiger partial charge in [-0.25, -0.2) is 4.98 Å². The number of halogens is 1. The fourth-order valence-corrected chi connectivity index (χ4v) is 2.96. The van der Waals surface area contributed by atoms with Gasteiger partial charge in [0.25, 0.3) is 0 Å². The maximum absolute atomic E-state index is 4.53. The predicted molar refractivity (Wildman–Crippen MR) is 80.0 cm³/mol. The molecule has 0 saturated carbocycles. The molecule has 0 atom stereocenters. The standard InChI is InChI=1S/C14H22BrN3/c1-11(2)18(10-12-5-8-16-9-6-12)14-13(15)4-3-7-17-14/h3-4,7,11-12,16H,5-6,8-10H2,1-2H3. The van der Waals surface area contributed by atoms with Crippen molar-refractivity contribution >= 4 is 21.7 Å². The lowest BCUT2D eigenvalue weighted by Crippen LogP contribution is -2.40. The van der Waals surface area contributed by atoms with Crippen LogP contribution < -0.4 is 10.2 Å². The Kier molecular flexibility index (Phi) is 5.01. The summed E-state index contributed by atoms with van der Waals surface area (Å²) in [6.45, 7) is 7.89. The molecule has 2 heterocycles. The molecule has 1 aromatic rings. The molecule has 1 fully saturated rings. The predicted octanol–water partition coefficient (Wildman–Crippen LogP) is 3.06. The minimum Gasteiger partial charge on any atom is -0.353 e. The molecule has 1 aliphatic heterocycles. The maximum Gasteiger partial charge on any atom is 0.143 e. The van der Waals surface area contributed by atoms with Crippen LogP contribution in [0.25, 0.3) is 0 Å². The Balaban J connectivity index is 2.10. The van der Waals surface area contributed by atoms with Gasteiger partial charge in [-0.05, 0) is 73.8 Å². The number of piperidine rings is 1. The molecule has 2 rings (SSSR count). The Hall–Kier alpha value is -0.610. The quantitative estimate of drug-likeness (QED) is 0.926. The van der Waals surface area contributed by atoms with Crippen LogP contribution in [0.15, 0.2) is 22.8 Å². The Labute approximate surface area is 118 Å². The van der Waals surface area contributed by atoms with Crippen LogP contribution in [0.1, 0.15) is 26.7 Å². The number of nitrogens with one attached hydrogen (secondary N) is 1. The van der Waals surface area contributed by atoms with E-state index in [1.807, 2.05) is 12.3 Å². The van der Waals surface area contributed by atoms with E-state index < -0.39 is 0 Å². The summed E-state index contributed by atoms with van der Waals surface area (Å²) in [5.41, 5.74) is 0. The van der Waals surface area contributed by atoms with E-state index in [0.717, 1.165) is 35.8 Å². The van der Waals surface area contributed by atoms with Crippen molar-refractivity contribution in [1.82, 2.24) is 10.3 Å². The van der Waals surface area contributed by atoms with Crippen molar-refractivity contribution < 1.29 is 0 Å². The lowest BCUT2D eigenvalue weighted by Gasteiger charge is -2.34. The smallest absolute Gasteiger partial charge is 0.143 e. The van der Waals surface area contributed by atoms with Gasteiger partial charge in [0.2, 0.25) is 0 Å². The van der Waals surface area contributed by atoms with Crippen molar-refractivity contribution in [2.45, 2.75) is 32.7 Å². The van der Waals surface area contributed by atoms with Crippen LogP contribution in [-0.4, -0.2) is 30.7 Å². The Morgan fingerprint density at radius 3 is 2.78 bits per heavy atom. The minimum absolute atomic E-state index is 0.478. The van der Waals surface area contributed by atoms with Crippen molar-refractivity contribution in [3.05, 3.63) is 22.8 Å². The van der Waals surface area contributed by atoms with Crippen LogP contribution in [0.3, 0.4) is 0 Å². The van der Waals surface area contributed by atoms with Crippen LogP contribution in [0, 0.1) is 5.92 Å². The number of hydrogen-bond donors (Lipinski definition) is 1. The molecule has 0 bridgehead atoms. The fourth-order valence-electron chi connectivity index (χ4n) is 2.47. The van der Waals surface area contributed by atoms with E-state index in [2.05, 4.69) is 51.0 Å². The number of anilines is 1. The van der Waals surface area contributed by atoms with Gasteiger partial charge in [0.1, 0.15) is 5.82 Å². The Bertz CT molecular complexity index is 375. The molecule has 4 heteroatoms. The number of nitrogens with zero attached hydrogens (tertiary/aromatic N) is 2. The zero-order valence-electron chi connectivity index (χ0n) is 11.2. The molecule has 3 nitrogen and oxygen atoms in total. The van der Waals surface area contributed by atoms with E-state index in [9.17, 15) is 0 Å². The van der Waals surface area contributed by atoms with Crippen molar-refractivity contribution in [3.63, 3.8) is 0 Å². The number of rotatable bonds is 4. The topological polar surface area (TPSA) is 28.2 Å². The van der Waals surface area contributed by atoms with E-state index in [-0.39, 0.29) is 0 Å². The van der Waals surface area contributed by atoms with Crippen LogP contribution >= 0.6 is 15.9 Å². The average Bonchev–Trinajstić information content (AvgIpc) is 2.38. The van der Waals surface area contributed by atoms with Crippen molar-refractivity contribution in [1.29, 1.82) is 0 Å². The maximum atomic E-state index is 4.53. The first-order valence-corrected chi connectivity index (χ1v) is 7.55. The lowest BCUT2D eigenvalue weighted by atomic mass is 9.97. The minimum atomic E-state index is 0.478. The second-order valence-corrected chi connectivity index (χ2v) is 6.10. The van der Waals surface area contributed by atoms with E-state index >= 15 is 0 Å². The van der Waals surface area contributed by atoms with Gasteiger partial charge in [0.05, 0.1) is 4.47 Å². The van der Waals surface area contributed by atoms with Crippen molar-refractivity contribution in [3.8, 4) is 0 Å². The third kappa shape index (κ3) is 3.45. The second-order valence-electron chi connectivity index (χ2n) is 5.25. The van der Waals surface area contributed by atoms with Crippen molar-refractivity contribution in [2.75, 3.05) is 24.5 Å². The number of hydrogen-bond acceptors (Lipinski definition) is 3. The fraction of sp³-hybridized carbons (Fsp3) is 0.643. The van der Waals surface area contributed by atoms with Gasteiger partial charge in [-0.1, -0.05) is 0 Å². The molecular weight excluding hydrogens is 290 g/mol. The zero-order chi connectivity index (χ0) is 13.0. The van der Waals surface area contributed by atoms with E-state index in [1.54, 1.807) is 0 Å². The molecule has 0 aliphatic carbocycles. The normalized spacial score (nSPS) is 17.1. The molecule has 18 heavy (non-hydrogen) atoms. The summed E-state index contributed by atoms with van der Waals surface area (Å²) in [7, 11) is 0. The summed E-state index contributed by atoms with van der Waals surface area (Å²) in [6, 6.07) is 4.52. The third-order valence-corrected chi connectivity index (χ3v) is 4.17. The summed E-state index contributed by atoms with van der Waals surface area (Å²) in [5.74, 6) is 1.86. The molecule has 1 saturated heterocycles. The number of aromatic nitrogens is 1. The van der Waals surface area contributed by atoms with E-state index in [0.29, 0.717) is 6.04 Å². The molecule has 0 amide bonds. The first-order chi connectivity index (χ1) is 8.68. The molecule has 0 radical (unpaired) electrons. The van der Waals surface area contributed by atoms with Gasteiger partial charge < -0.3 is 10.2 Å². The van der Waals surface area contributed by atoms with Gasteiger partial charge in [-0.2, -0.15) is 0 Å². The SMILES string of the molecule is CC(C)N(CC1CCNCC1)c1ncccc1Br. The molecule has 100 valence electrons. The Morgan fingerprint density at radius 1 is 1.44 bits per heavy atom. The van der Waals surface area contributed by atoms with Gasteiger partial charge in [0, 0.05) is 18.8 Å². The highest BCUT2D eigenvalue weighted by molar-refractivity contribution is 9.10. The molecule has 0 unspecified atom stereocenters. The first-order valence-electron chi connectivity index (χ1n) is 6.76. The van der Waals surface area contributed by atoms with Gasteiger partial charge in [0.15, 0.2) is 0 Å². The van der Waals surface area contributed by atoms with Crippen LogP contribution in [0.2, 0.25) is 0 Å². The summed E-state index contributed by atoms with van der Waals surface area (Å²) >= 11 is 3.61.